The lowest BCUT2D eigenvalue weighted by Crippen LogP contribution is -1.94. The van der Waals surface area contributed by atoms with E-state index in [0.717, 1.165) is 5.57 Å². The summed E-state index contributed by atoms with van der Waals surface area (Å²) in [5, 5.41) is 8.42. The van der Waals surface area contributed by atoms with Crippen molar-refractivity contribution in [2.45, 2.75) is 48.0 Å². The molecule has 0 bridgehead atoms. The van der Waals surface area contributed by atoms with Crippen LogP contribution in [0.5, 0.6) is 0 Å². The van der Waals surface area contributed by atoms with Gasteiger partial charge in [-0.15, -0.1) is 0 Å². The maximum atomic E-state index is 10.2. The molecule has 0 aromatic carbocycles. The largest absolute Gasteiger partial charge is 0.481 e. The van der Waals surface area contributed by atoms with Crippen molar-refractivity contribution < 1.29 is 9.90 Å². The average Bonchev–Trinajstić information content (AvgIpc) is 2.22. The van der Waals surface area contributed by atoms with Gasteiger partial charge in [0.25, 0.3) is 0 Å². The molecule has 0 aromatic rings. The number of rotatable bonds is 4. The first kappa shape index (κ1) is 20.1. The fourth-order valence-corrected chi connectivity index (χ4v) is 0.878. The second-order valence-corrected chi connectivity index (χ2v) is 2.62. The summed E-state index contributed by atoms with van der Waals surface area (Å²) in [6, 6.07) is 0. The van der Waals surface area contributed by atoms with Gasteiger partial charge in [-0.05, 0) is 19.4 Å². The summed E-state index contributed by atoms with van der Waals surface area (Å²) >= 11 is 0. The summed E-state index contributed by atoms with van der Waals surface area (Å²) in [4.78, 5) is 10.2. The molecule has 1 N–H and O–H groups in total. The van der Waals surface area contributed by atoms with Gasteiger partial charge in [-0.25, -0.2) is 0 Å². The van der Waals surface area contributed by atoms with Gasteiger partial charge < -0.3 is 5.11 Å². The van der Waals surface area contributed by atoms with Gasteiger partial charge in [-0.3, -0.25) is 4.79 Å². The smallest absolute Gasteiger partial charge is 0.307 e. The molecule has 0 aromatic heterocycles. The molecule has 0 spiro atoms. The number of hydrogen-bond acceptors (Lipinski definition) is 1. The Hall–Kier alpha value is -1.31. The molecule has 0 rings (SSSR count). The molecule has 0 aliphatic heterocycles. The SMILES string of the molecule is C=C(/C=C(C)\C=C/C)CC(=O)O.CC.CC. The summed E-state index contributed by atoms with van der Waals surface area (Å²) in [5.74, 6) is -0.843. The summed E-state index contributed by atoms with van der Waals surface area (Å²) in [5.41, 5.74) is 1.64. The van der Waals surface area contributed by atoms with Crippen molar-refractivity contribution >= 4 is 5.97 Å². The molecule has 0 unspecified atom stereocenters. The summed E-state index contributed by atoms with van der Waals surface area (Å²) in [6.07, 6.45) is 5.59. The van der Waals surface area contributed by atoms with Crippen LogP contribution in [0.25, 0.3) is 0 Å². The zero-order valence-electron chi connectivity index (χ0n) is 11.5. The van der Waals surface area contributed by atoms with E-state index < -0.39 is 5.97 Å². The van der Waals surface area contributed by atoms with Gasteiger partial charge in [0.1, 0.15) is 0 Å². The van der Waals surface area contributed by atoms with E-state index in [1.807, 2.05) is 53.7 Å². The van der Waals surface area contributed by atoms with Gasteiger partial charge in [0.2, 0.25) is 0 Å². The van der Waals surface area contributed by atoms with E-state index in [0.29, 0.717) is 5.57 Å². The second kappa shape index (κ2) is 16.1. The molecular formula is C14H26O2. The molecule has 16 heavy (non-hydrogen) atoms. The molecule has 0 fully saturated rings. The van der Waals surface area contributed by atoms with E-state index >= 15 is 0 Å². The third-order valence-corrected chi connectivity index (χ3v) is 1.24. The topological polar surface area (TPSA) is 37.3 Å². The highest BCUT2D eigenvalue weighted by Gasteiger charge is 1.97. The Balaban J connectivity index is -0.000000376. The molecular weight excluding hydrogens is 200 g/mol. The van der Waals surface area contributed by atoms with Crippen molar-refractivity contribution in [2.24, 2.45) is 0 Å². The zero-order chi connectivity index (χ0) is 13.6. The van der Waals surface area contributed by atoms with E-state index in [9.17, 15) is 4.79 Å². The fraction of sp³-hybridized carbons (Fsp3) is 0.500. The molecule has 0 saturated heterocycles. The van der Waals surface area contributed by atoms with Crippen LogP contribution in [0.3, 0.4) is 0 Å². The third-order valence-electron chi connectivity index (χ3n) is 1.24. The fourth-order valence-electron chi connectivity index (χ4n) is 0.878. The van der Waals surface area contributed by atoms with Crippen LogP contribution in [0.1, 0.15) is 48.0 Å². The van der Waals surface area contributed by atoms with Crippen molar-refractivity contribution in [3.63, 3.8) is 0 Å². The van der Waals surface area contributed by atoms with Crippen molar-refractivity contribution in [1.29, 1.82) is 0 Å². The number of allylic oxidation sites excluding steroid dienone is 4. The Morgan fingerprint density at radius 3 is 2.00 bits per heavy atom. The number of carbonyl (C=O) groups is 1. The molecule has 0 heterocycles. The van der Waals surface area contributed by atoms with Crippen LogP contribution in [0, 0.1) is 0 Å². The van der Waals surface area contributed by atoms with Crippen molar-refractivity contribution in [1.82, 2.24) is 0 Å². The van der Waals surface area contributed by atoms with Gasteiger partial charge in [-0.2, -0.15) is 0 Å². The Labute approximate surface area is 100 Å². The maximum absolute atomic E-state index is 10.2. The highest BCUT2D eigenvalue weighted by Crippen LogP contribution is 2.05. The summed E-state index contributed by atoms with van der Waals surface area (Å²) in [7, 11) is 0. The molecule has 2 heteroatoms. The number of carboxylic acid groups (broad SMARTS) is 1. The van der Waals surface area contributed by atoms with Gasteiger partial charge >= 0.3 is 5.97 Å². The average molecular weight is 226 g/mol. The van der Waals surface area contributed by atoms with Crippen LogP contribution in [0.4, 0.5) is 0 Å². The van der Waals surface area contributed by atoms with Gasteiger partial charge in [0.15, 0.2) is 0 Å². The summed E-state index contributed by atoms with van der Waals surface area (Å²) in [6.45, 7) is 15.4. The normalized spacial score (nSPS) is 9.75. The molecule has 0 radical (unpaired) electrons. The van der Waals surface area contributed by atoms with Gasteiger partial charge in [0, 0.05) is 0 Å². The number of hydrogen-bond donors (Lipinski definition) is 1. The highest BCUT2D eigenvalue weighted by atomic mass is 16.4. The minimum atomic E-state index is -0.843. The van der Waals surface area contributed by atoms with E-state index in [1.54, 1.807) is 6.08 Å². The predicted octanol–water partition coefficient (Wildman–Crippen LogP) is 4.59. The first-order chi connectivity index (χ1) is 7.56. The van der Waals surface area contributed by atoms with Crippen molar-refractivity contribution in [3.05, 3.63) is 36.0 Å². The monoisotopic (exact) mass is 226 g/mol. The van der Waals surface area contributed by atoms with Crippen molar-refractivity contribution in [2.75, 3.05) is 0 Å². The molecule has 0 amide bonds. The molecule has 0 aliphatic carbocycles. The zero-order valence-corrected chi connectivity index (χ0v) is 11.5. The quantitative estimate of drug-likeness (QED) is 0.712. The Bertz CT molecular complexity index is 235. The third kappa shape index (κ3) is 18.5. The minimum Gasteiger partial charge on any atom is -0.481 e. The van der Waals surface area contributed by atoms with E-state index in [-0.39, 0.29) is 6.42 Å². The lowest BCUT2D eigenvalue weighted by molar-refractivity contribution is -0.136. The van der Waals surface area contributed by atoms with E-state index in [4.69, 9.17) is 5.11 Å². The predicted molar refractivity (Wildman–Crippen MR) is 72.7 cm³/mol. The Morgan fingerprint density at radius 2 is 1.69 bits per heavy atom. The van der Waals surface area contributed by atoms with Crippen molar-refractivity contribution in [3.8, 4) is 0 Å². The molecule has 0 saturated carbocycles. The van der Waals surface area contributed by atoms with E-state index in [2.05, 4.69) is 6.58 Å². The molecule has 0 aliphatic rings. The standard InChI is InChI=1S/C10H14O2.2C2H6/c1-4-5-8(2)6-9(3)7-10(11)12;2*1-2/h4-6H,3,7H2,1-2H3,(H,11,12);2*1-2H3/b5-4-,8-6-;;. The van der Waals surface area contributed by atoms with Crippen LogP contribution < -0.4 is 0 Å². The van der Waals surface area contributed by atoms with Crippen LogP contribution >= 0.6 is 0 Å². The maximum Gasteiger partial charge on any atom is 0.307 e. The summed E-state index contributed by atoms with van der Waals surface area (Å²) < 4.78 is 0. The first-order valence-electron chi connectivity index (χ1n) is 5.77. The van der Waals surface area contributed by atoms with Crippen LogP contribution in [-0.2, 0) is 4.79 Å². The number of aliphatic carboxylic acids is 1. The van der Waals surface area contributed by atoms with Gasteiger partial charge in [-0.1, -0.05) is 58.1 Å². The minimum absolute atomic E-state index is 0.00882. The molecule has 0 atom stereocenters. The molecule has 94 valence electrons. The lowest BCUT2D eigenvalue weighted by Gasteiger charge is -1.95. The lowest BCUT2D eigenvalue weighted by atomic mass is 10.1. The van der Waals surface area contributed by atoms with E-state index in [1.165, 1.54) is 0 Å². The highest BCUT2D eigenvalue weighted by molar-refractivity contribution is 5.70. The van der Waals surface area contributed by atoms with Crippen LogP contribution in [0.15, 0.2) is 36.0 Å². The molecule has 2 nitrogen and oxygen atoms in total. The first-order valence-corrected chi connectivity index (χ1v) is 5.77. The van der Waals surface area contributed by atoms with Crippen LogP contribution in [-0.4, -0.2) is 11.1 Å². The van der Waals surface area contributed by atoms with Crippen LogP contribution in [0.2, 0.25) is 0 Å². The Morgan fingerprint density at radius 1 is 1.25 bits per heavy atom. The second-order valence-electron chi connectivity index (χ2n) is 2.62. The van der Waals surface area contributed by atoms with Gasteiger partial charge in [0.05, 0.1) is 6.42 Å². The Kier molecular flexibility index (Phi) is 20.3. The number of carboxylic acids is 1.